The van der Waals surface area contributed by atoms with Gasteiger partial charge in [0.15, 0.2) is 11.6 Å². The molecular formula is C9H8F5NO4S. The first-order chi connectivity index (χ1) is 9.00. The lowest BCUT2D eigenvalue weighted by Gasteiger charge is -2.12. The summed E-state index contributed by atoms with van der Waals surface area (Å²) >= 11 is 0. The van der Waals surface area contributed by atoms with Crippen LogP contribution in [-0.4, -0.2) is 28.0 Å². The topological polar surface area (TPSA) is 78.6 Å². The number of hydrogen-bond donors (Lipinski definition) is 1. The Morgan fingerprint density at radius 2 is 1.75 bits per heavy atom. The molecule has 0 aliphatic heterocycles. The standard InChI is InChI=1S/C9H8F5NO4S/c10-5-3-6(11)8(7(4-5)20(15,16)17)18-1-2-19-9(12,13)14/h3-4H,1-2H2,(H2,15,16,17). The van der Waals surface area contributed by atoms with Gasteiger partial charge in [0.25, 0.3) is 0 Å². The van der Waals surface area contributed by atoms with Crippen molar-refractivity contribution >= 4 is 10.0 Å². The molecule has 1 rings (SSSR count). The van der Waals surface area contributed by atoms with Gasteiger partial charge in [-0.2, -0.15) is 0 Å². The van der Waals surface area contributed by atoms with Gasteiger partial charge in [0.05, 0.1) is 6.61 Å². The summed E-state index contributed by atoms with van der Waals surface area (Å²) in [6, 6.07) is 0.687. The summed E-state index contributed by atoms with van der Waals surface area (Å²) in [6.07, 6.45) is -4.91. The molecule has 0 atom stereocenters. The molecule has 20 heavy (non-hydrogen) atoms. The Hall–Kier alpha value is -1.46. The van der Waals surface area contributed by atoms with Crippen molar-refractivity contribution in [2.75, 3.05) is 13.2 Å². The molecule has 0 unspecified atom stereocenters. The number of rotatable bonds is 5. The van der Waals surface area contributed by atoms with Crippen LogP contribution in [0.2, 0.25) is 0 Å². The average Bonchev–Trinajstić information content (AvgIpc) is 2.23. The van der Waals surface area contributed by atoms with Crippen LogP contribution in [0.5, 0.6) is 5.75 Å². The Kier molecular flexibility index (Phi) is 4.89. The number of primary sulfonamides is 1. The molecule has 11 heteroatoms. The highest BCUT2D eigenvalue weighted by atomic mass is 32.2. The van der Waals surface area contributed by atoms with Crippen molar-refractivity contribution in [3.63, 3.8) is 0 Å². The Balaban J connectivity index is 2.90. The van der Waals surface area contributed by atoms with Crippen LogP contribution < -0.4 is 9.88 Å². The molecule has 5 nitrogen and oxygen atoms in total. The predicted molar refractivity (Wildman–Crippen MR) is 55.2 cm³/mol. The molecule has 1 aromatic rings. The predicted octanol–water partition coefficient (Wildman–Crippen LogP) is 1.53. The van der Waals surface area contributed by atoms with Crippen molar-refractivity contribution in [2.24, 2.45) is 5.14 Å². The van der Waals surface area contributed by atoms with E-state index in [9.17, 15) is 30.4 Å². The third-order valence-corrected chi connectivity index (χ3v) is 2.79. The first kappa shape index (κ1) is 16.6. The van der Waals surface area contributed by atoms with E-state index in [-0.39, 0.29) is 0 Å². The zero-order valence-electron chi connectivity index (χ0n) is 9.58. The molecule has 0 spiro atoms. The fraction of sp³-hybridized carbons (Fsp3) is 0.333. The molecule has 0 saturated heterocycles. The van der Waals surface area contributed by atoms with Gasteiger partial charge >= 0.3 is 6.36 Å². The summed E-state index contributed by atoms with van der Waals surface area (Å²) in [4.78, 5) is -1.01. The van der Waals surface area contributed by atoms with E-state index in [1.807, 2.05) is 0 Å². The van der Waals surface area contributed by atoms with Crippen LogP contribution in [-0.2, 0) is 14.8 Å². The van der Waals surface area contributed by atoms with Crippen molar-refractivity contribution in [3.05, 3.63) is 23.8 Å². The number of ether oxygens (including phenoxy) is 2. The second kappa shape index (κ2) is 5.89. The maximum absolute atomic E-state index is 13.4. The third kappa shape index (κ3) is 4.90. The van der Waals surface area contributed by atoms with Gasteiger partial charge in [-0.25, -0.2) is 22.3 Å². The van der Waals surface area contributed by atoms with Crippen LogP contribution in [0.4, 0.5) is 22.0 Å². The minimum absolute atomic E-state index is 0.300. The molecule has 0 amide bonds. The first-order valence-corrected chi connectivity index (χ1v) is 6.40. The minimum Gasteiger partial charge on any atom is -0.487 e. The lowest BCUT2D eigenvalue weighted by Crippen LogP contribution is -2.20. The zero-order chi connectivity index (χ0) is 15.6. The average molecular weight is 321 g/mol. The SMILES string of the molecule is NS(=O)(=O)c1cc(F)cc(F)c1OCCOC(F)(F)F. The molecule has 2 N–H and O–H groups in total. The fourth-order valence-electron chi connectivity index (χ4n) is 1.19. The van der Waals surface area contributed by atoms with E-state index in [1.54, 1.807) is 0 Å². The number of nitrogens with two attached hydrogens (primary N) is 1. The highest BCUT2D eigenvalue weighted by Gasteiger charge is 2.29. The van der Waals surface area contributed by atoms with Gasteiger partial charge in [-0.1, -0.05) is 0 Å². The minimum atomic E-state index is -4.91. The van der Waals surface area contributed by atoms with Gasteiger partial charge in [0, 0.05) is 6.07 Å². The number of benzene rings is 1. The quantitative estimate of drug-likeness (QED) is 0.659. The molecule has 0 aliphatic carbocycles. The van der Waals surface area contributed by atoms with E-state index in [4.69, 9.17) is 5.14 Å². The monoisotopic (exact) mass is 321 g/mol. The Morgan fingerprint density at radius 1 is 1.15 bits per heavy atom. The highest BCUT2D eigenvalue weighted by Crippen LogP contribution is 2.27. The van der Waals surface area contributed by atoms with Gasteiger partial charge in [-0.05, 0) is 6.07 Å². The lowest BCUT2D eigenvalue weighted by atomic mass is 10.3. The van der Waals surface area contributed by atoms with Gasteiger partial charge in [-0.3, -0.25) is 4.74 Å². The van der Waals surface area contributed by atoms with Crippen LogP contribution in [0.3, 0.4) is 0 Å². The maximum atomic E-state index is 13.4. The lowest BCUT2D eigenvalue weighted by molar-refractivity contribution is -0.325. The zero-order valence-corrected chi connectivity index (χ0v) is 10.4. The number of sulfonamides is 1. The van der Waals surface area contributed by atoms with E-state index < -0.39 is 51.9 Å². The first-order valence-electron chi connectivity index (χ1n) is 4.86. The van der Waals surface area contributed by atoms with Crippen molar-refractivity contribution < 1.29 is 39.8 Å². The third-order valence-electron chi connectivity index (χ3n) is 1.88. The highest BCUT2D eigenvalue weighted by molar-refractivity contribution is 7.89. The van der Waals surface area contributed by atoms with Crippen molar-refractivity contribution in [1.29, 1.82) is 0 Å². The van der Waals surface area contributed by atoms with E-state index in [1.165, 1.54) is 0 Å². The van der Waals surface area contributed by atoms with Gasteiger partial charge in [-0.15, -0.1) is 13.2 Å². The van der Waals surface area contributed by atoms with Crippen LogP contribution in [0.15, 0.2) is 17.0 Å². The van der Waals surface area contributed by atoms with E-state index in [2.05, 4.69) is 9.47 Å². The largest absolute Gasteiger partial charge is 0.522 e. The summed E-state index contributed by atoms with van der Waals surface area (Å²) in [5.74, 6) is -3.62. The Bertz CT molecular complexity index is 587. The molecule has 1 aromatic carbocycles. The second-order valence-electron chi connectivity index (χ2n) is 3.40. The molecule has 0 fully saturated rings. The van der Waals surface area contributed by atoms with E-state index in [0.29, 0.717) is 12.1 Å². The molecule has 0 heterocycles. The van der Waals surface area contributed by atoms with Gasteiger partial charge in [0.1, 0.15) is 17.3 Å². The molecular weight excluding hydrogens is 313 g/mol. The van der Waals surface area contributed by atoms with E-state index >= 15 is 0 Å². The molecule has 114 valence electrons. The van der Waals surface area contributed by atoms with Crippen molar-refractivity contribution in [1.82, 2.24) is 0 Å². The number of halogens is 5. The Labute approximate surface area is 110 Å². The second-order valence-corrected chi connectivity index (χ2v) is 4.93. The summed E-state index contributed by atoms with van der Waals surface area (Å²) in [6.45, 7) is -1.82. The number of hydrogen-bond acceptors (Lipinski definition) is 4. The maximum Gasteiger partial charge on any atom is 0.522 e. The fourth-order valence-corrected chi connectivity index (χ4v) is 1.88. The van der Waals surface area contributed by atoms with Crippen LogP contribution in [0, 0.1) is 11.6 Å². The summed E-state index contributed by atoms with van der Waals surface area (Å²) < 4.78 is 91.3. The van der Waals surface area contributed by atoms with Crippen LogP contribution >= 0.6 is 0 Å². The summed E-state index contributed by atoms with van der Waals surface area (Å²) in [5.41, 5.74) is 0. The molecule has 0 aromatic heterocycles. The van der Waals surface area contributed by atoms with Crippen LogP contribution in [0.25, 0.3) is 0 Å². The van der Waals surface area contributed by atoms with E-state index in [0.717, 1.165) is 0 Å². The van der Waals surface area contributed by atoms with Crippen LogP contribution in [0.1, 0.15) is 0 Å². The normalized spacial score (nSPS) is 12.5. The summed E-state index contributed by atoms with van der Waals surface area (Å²) in [5, 5.41) is 4.72. The Morgan fingerprint density at radius 3 is 2.25 bits per heavy atom. The molecule has 0 saturated carbocycles. The molecule has 0 bridgehead atoms. The molecule has 0 aliphatic rings. The number of alkyl halides is 3. The smallest absolute Gasteiger partial charge is 0.487 e. The van der Waals surface area contributed by atoms with Gasteiger partial charge in [0.2, 0.25) is 10.0 Å². The molecule has 0 radical (unpaired) electrons. The van der Waals surface area contributed by atoms with Gasteiger partial charge < -0.3 is 4.74 Å². The van der Waals surface area contributed by atoms with Crippen molar-refractivity contribution in [2.45, 2.75) is 11.3 Å². The summed E-state index contributed by atoms with van der Waals surface area (Å²) in [7, 11) is -4.51. The van der Waals surface area contributed by atoms with Crippen molar-refractivity contribution in [3.8, 4) is 5.75 Å².